The third kappa shape index (κ3) is 5.06. The zero-order valence-corrected chi connectivity index (χ0v) is 16.1. The third-order valence-electron chi connectivity index (χ3n) is 4.58. The second-order valence-electron chi connectivity index (χ2n) is 6.72. The number of likely N-dealkylation sites (N-methyl/N-ethyl adjacent to an activating group) is 1. The van der Waals surface area contributed by atoms with Gasteiger partial charge in [-0.05, 0) is 73.6 Å². The van der Waals surface area contributed by atoms with E-state index in [4.69, 9.17) is 9.47 Å². The van der Waals surface area contributed by atoms with Gasteiger partial charge in [-0.3, -0.25) is 4.79 Å². The van der Waals surface area contributed by atoms with Gasteiger partial charge >= 0.3 is 0 Å². The number of benzene rings is 1. The maximum Gasteiger partial charge on any atom is 0.251 e. The highest BCUT2D eigenvalue weighted by Crippen LogP contribution is 2.20. The molecule has 0 saturated carbocycles. The van der Waals surface area contributed by atoms with Gasteiger partial charge in [0.1, 0.15) is 12.4 Å². The third-order valence-corrected chi connectivity index (χ3v) is 5.29. The van der Waals surface area contributed by atoms with Gasteiger partial charge in [-0.15, -0.1) is 0 Å². The summed E-state index contributed by atoms with van der Waals surface area (Å²) in [6, 6.07) is 9.55. The topological polar surface area (TPSA) is 50.8 Å². The molecule has 140 valence electrons. The summed E-state index contributed by atoms with van der Waals surface area (Å²) in [6.07, 6.45) is 2.35. The lowest BCUT2D eigenvalue weighted by Gasteiger charge is -2.24. The highest BCUT2D eigenvalue weighted by atomic mass is 32.1. The highest BCUT2D eigenvalue weighted by molar-refractivity contribution is 7.07. The lowest BCUT2D eigenvalue weighted by Crippen LogP contribution is -2.34. The van der Waals surface area contributed by atoms with Gasteiger partial charge < -0.3 is 19.7 Å². The van der Waals surface area contributed by atoms with E-state index in [9.17, 15) is 4.79 Å². The number of hydrogen-bond donors (Lipinski definition) is 1. The largest absolute Gasteiger partial charge is 0.491 e. The first kappa shape index (κ1) is 18.9. The Balaban J connectivity index is 1.50. The van der Waals surface area contributed by atoms with Gasteiger partial charge in [-0.1, -0.05) is 0 Å². The van der Waals surface area contributed by atoms with Crippen LogP contribution in [-0.2, 0) is 4.74 Å². The number of nitrogens with zero attached hydrogens (tertiary/aromatic N) is 1. The minimum absolute atomic E-state index is 0.0715. The molecule has 2 aromatic rings. The number of carbonyl (C=O) groups excluding carboxylic acids is 1. The van der Waals surface area contributed by atoms with Gasteiger partial charge in [0.25, 0.3) is 5.91 Å². The molecule has 1 saturated heterocycles. The second kappa shape index (κ2) is 9.16. The first-order chi connectivity index (χ1) is 12.6. The minimum Gasteiger partial charge on any atom is -0.491 e. The van der Waals surface area contributed by atoms with E-state index in [1.165, 1.54) is 5.56 Å². The van der Waals surface area contributed by atoms with Crippen LogP contribution in [0.15, 0.2) is 41.1 Å². The second-order valence-corrected chi connectivity index (χ2v) is 7.50. The Morgan fingerprint density at radius 3 is 2.77 bits per heavy atom. The quantitative estimate of drug-likeness (QED) is 0.770. The van der Waals surface area contributed by atoms with Crippen LogP contribution in [0.5, 0.6) is 5.75 Å². The van der Waals surface area contributed by atoms with Crippen molar-refractivity contribution in [1.29, 1.82) is 0 Å². The first-order valence-corrected chi connectivity index (χ1v) is 9.89. The van der Waals surface area contributed by atoms with E-state index in [2.05, 4.69) is 27.0 Å². The van der Waals surface area contributed by atoms with E-state index in [0.717, 1.165) is 25.2 Å². The standard InChI is InChI=1S/C20H26N2O3S/c1-22(2)19(16-9-11-26-14-16)12-21-20(23)15-5-7-17(8-6-15)25-13-18-4-3-10-24-18/h5-9,11,14,18-19H,3-4,10,12-13H2,1-2H3,(H,21,23)/t18-,19-/m0/s1. The lowest BCUT2D eigenvalue weighted by atomic mass is 10.1. The summed E-state index contributed by atoms with van der Waals surface area (Å²) in [5.41, 5.74) is 1.86. The average Bonchev–Trinajstić information content (AvgIpc) is 3.34. The van der Waals surface area contributed by atoms with Crippen molar-refractivity contribution in [2.75, 3.05) is 33.9 Å². The number of carbonyl (C=O) groups is 1. The smallest absolute Gasteiger partial charge is 0.251 e. The molecule has 0 spiro atoms. The van der Waals surface area contributed by atoms with E-state index in [1.54, 1.807) is 23.5 Å². The van der Waals surface area contributed by atoms with Crippen LogP contribution in [-0.4, -0.2) is 50.8 Å². The molecule has 6 heteroatoms. The van der Waals surface area contributed by atoms with E-state index < -0.39 is 0 Å². The molecule has 2 atom stereocenters. The Morgan fingerprint density at radius 2 is 2.15 bits per heavy atom. The molecule has 1 N–H and O–H groups in total. The highest BCUT2D eigenvalue weighted by Gasteiger charge is 2.17. The average molecular weight is 375 g/mol. The van der Waals surface area contributed by atoms with Crippen molar-refractivity contribution in [2.45, 2.75) is 25.0 Å². The monoisotopic (exact) mass is 374 g/mol. The van der Waals surface area contributed by atoms with Crippen molar-refractivity contribution in [1.82, 2.24) is 10.2 Å². The number of thiophene rings is 1. The van der Waals surface area contributed by atoms with Crippen molar-refractivity contribution in [3.05, 3.63) is 52.2 Å². The molecule has 0 unspecified atom stereocenters. The molecule has 5 nitrogen and oxygen atoms in total. The Labute approximate surface area is 158 Å². The molecule has 1 fully saturated rings. The lowest BCUT2D eigenvalue weighted by molar-refractivity contribution is 0.0679. The van der Waals surface area contributed by atoms with Gasteiger partial charge in [0.2, 0.25) is 0 Å². The van der Waals surface area contributed by atoms with Crippen LogP contribution < -0.4 is 10.1 Å². The van der Waals surface area contributed by atoms with Crippen molar-refractivity contribution in [3.63, 3.8) is 0 Å². The fourth-order valence-corrected chi connectivity index (χ4v) is 3.73. The molecule has 1 aromatic carbocycles. The van der Waals surface area contributed by atoms with Crippen LogP contribution in [0.4, 0.5) is 0 Å². The van der Waals surface area contributed by atoms with Crippen molar-refractivity contribution >= 4 is 17.2 Å². The molecule has 0 bridgehead atoms. The van der Waals surface area contributed by atoms with E-state index in [0.29, 0.717) is 18.7 Å². The minimum atomic E-state index is -0.0715. The molecular weight excluding hydrogens is 348 g/mol. The number of hydrogen-bond acceptors (Lipinski definition) is 5. The van der Waals surface area contributed by atoms with Gasteiger partial charge in [0.15, 0.2) is 0 Å². The molecule has 0 radical (unpaired) electrons. The predicted octanol–water partition coefficient (Wildman–Crippen LogP) is 3.34. The van der Waals surface area contributed by atoms with E-state index in [-0.39, 0.29) is 18.1 Å². The number of nitrogens with one attached hydrogen (secondary N) is 1. The summed E-state index contributed by atoms with van der Waals surface area (Å²) in [5, 5.41) is 7.21. The number of rotatable bonds is 8. The SMILES string of the molecule is CN(C)[C@@H](CNC(=O)c1ccc(OC[C@@H]2CCCO2)cc1)c1ccsc1. The summed E-state index contributed by atoms with van der Waals surface area (Å²) in [4.78, 5) is 14.5. The molecule has 1 amide bonds. The number of amides is 1. The van der Waals surface area contributed by atoms with Crippen molar-refractivity contribution < 1.29 is 14.3 Å². The van der Waals surface area contributed by atoms with Crippen LogP contribution >= 0.6 is 11.3 Å². The first-order valence-electron chi connectivity index (χ1n) is 8.94. The predicted molar refractivity (Wildman–Crippen MR) is 104 cm³/mol. The Kier molecular flexibility index (Phi) is 6.66. The normalized spacial score (nSPS) is 18.0. The van der Waals surface area contributed by atoms with Crippen molar-refractivity contribution in [3.8, 4) is 5.75 Å². The molecule has 2 heterocycles. The molecule has 0 aliphatic carbocycles. The van der Waals surface area contributed by atoms with E-state index in [1.807, 2.05) is 26.2 Å². The Hall–Kier alpha value is -1.89. The molecular formula is C20H26N2O3S. The van der Waals surface area contributed by atoms with Crippen LogP contribution in [0, 0.1) is 0 Å². The van der Waals surface area contributed by atoms with Crippen LogP contribution in [0.1, 0.15) is 34.8 Å². The van der Waals surface area contributed by atoms with E-state index >= 15 is 0 Å². The van der Waals surface area contributed by atoms with Gasteiger partial charge in [-0.2, -0.15) is 11.3 Å². The molecule has 1 aliphatic heterocycles. The molecule has 3 rings (SSSR count). The van der Waals surface area contributed by atoms with Gasteiger partial charge in [-0.25, -0.2) is 0 Å². The summed E-state index contributed by atoms with van der Waals surface area (Å²) >= 11 is 1.67. The van der Waals surface area contributed by atoms with Crippen LogP contribution in [0.3, 0.4) is 0 Å². The number of ether oxygens (including phenoxy) is 2. The molecule has 1 aromatic heterocycles. The zero-order chi connectivity index (χ0) is 18.4. The summed E-state index contributed by atoms with van der Waals surface area (Å²) in [5.74, 6) is 0.694. The van der Waals surface area contributed by atoms with Gasteiger partial charge in [0, 0.05) is 18.7 Å². The molecule has 1 aliphatic rings. The Bertz CT molecular complexity index is 680. The van der Waals surface area contributed by atoms with Crippen LogP contribution in [0.25, 0.3) is 0 Å². The maximum atomic E-state index is 12.4. The maximum absolute atomic E-state index is 12.4. The fraction of sp³-hybridized carbons (Fsp3) is 0.450. The zero-order valence-electron chi connectivity index (χ0n) is 15.3. The van der Waals surface area contributed by atoms with Crippen molar-refractivity contribution in [2.24, 2.45) is 0 Å². The molecule has 26 heavy (non-hydrogen) atoms. The summed E-state index contributed by atoms with van der Waals surface area (Å²) in [6.45, 7) is 1.96. The van der Waals surface area contributed by atoms with Gasteiger partial charge in [0.05, 0.1) is 12.1 Å². The summed E-state index contributed by atoms with van der Waals surface area (Å²) in [7, 11) is 4.05. The Morgan fingerprint density at radius 1 is 1.35 bits per heavy atom. The summed E-state index contributed by atoms with van der Waals surface area (Å²) < 4.78 is 11.3. The van der Waals surface area contributed by atoms with Crippen LogP contribution in [0.2, 0.25) is 0 Å². The fourth-order valence-electron chi connectivity index (χ4n) is 3.02.